The van der Waals surface area contributed by atoms with Crippen LogP contribution >= 0.6 is 11.6 Å². The Bertz CT molecular complexity index is 735. The number of amides is 2. The SMILES string of the molecule is CCCC(=O)Nc1ccc(Cl)c(NC(=O)C(C)Oc2ccccc2)c1. The lowest BCUT2D eigenvalue weighted by Crippen LogP contribution is -2.30. The van der Waals surface area contributed by atoms with Crippen LogP contribution in [0.5, 0.6) is 5.75 Å². The summed E-state index contributed by atoms with van der Waals surface area (Å²) in [5, 5.41) is 5.88. The minimum atomic E-state index is -0.697. The van der Waals surface area contributed by atoms with Crippen molar-refractivity contribution in [3.63, 3.8) is 0 Å². The average molecular weight is 361 g/mol. The Morgan fingerprint density at radius 2 is 1.84 bits per heavy atom. The highest BCUT2D eigenvalue weighted by molar-refractivity contribution is 6.34. The fourth-order valence-corrected chi connectivity index (χ4v) is 2.31. The van der Waals surface area contributed by atoms with Crippen molar-refractivity contribution in [2.75, 3.05) is 10.6 Å². The van der Waals surface area contributed by atoms with E-state index in [0.717, 1.165) is 6.42 Å². The Kier molecular flexibility index (Phi) is 6.83. The predicted octanol–water partition coefficient (Wildman–Crippen LogP) is 4.48. The topological polar surface area (TPSA) is 67.4 Å². The van der Waals surface area contributed by atoms with Gasteiger partial charge in [-0.25, -0.2) is 0 Å². The summed E-state index contributed by atoms with van der Waals surface area (Å²) >= 11 is 6.13. The Balaban J connectivity index is 2.02. The lowest BCUT2D eigenvalue weighted by Gasteiger charge is -2.16. The highest BCUT2D eigenvalue weighted by Crippen LogP contribution is 2.26. The second kappa shape index (κ2) is 9.08. The number of hydrogen-bond acceptors (Lipinski definition) is 3. The van der Waals surface area contributed by atoms with E-state index in [1.54, 1.807) is 37.3 Å². The van der Waals surface area contributed by atoms with Gasteiger partial charge in [-0.05, 0) is 43.7 Å². The van der Waals surface area contributed by atoms with Crippen LogP contribution in [-0.2, 0) is 9.59 Å². The average Bonchev–Trinajstić information content (AvgIpc) is 2.59. The van der Waals surface area contributed by atoms with E-state index in [4.69, 9.17) is 16.3 Å². The van der Waals surface area contributed by atoms with Crippen molar-refractivity contribution in [2.24, 2.45) is 0 Å². The van der Waals surface area contributed by atoms with Gasteiger partial charge in [-0.3, -0.25) is 9.59 Å². The number of carbonyl (C=O) groups is 2. The Labute approximate surface area is 152 Å². The van der Waals surface area contributed by atoms with Crippen LogP contribution in [0.25, 0.3) is 0 Å². The maximum absolute atomic E-state index is 12.3. The number of anilines is 2. The maximum Gasteiger partial charge on any atom is 0.265 e. The molecule has 2 N–H and O–H groups in total. The summed E-state index contributed by atoms with van der Waals surface area (Å²) in [6.07, 6.45) is 0.501. The van der Waals surface area contributed by atoms with E-state index in [2.05, 4.69) is 10.6 Å². The summed E-state index contributed by atoms with van der Waals surface area (Å²) in [5.74, 6) is 0.197. The van der Waals surface area contributed by atoms with Crippen molar-refractivity contribution in [1.29, 1.82) is 0 Å². The van der Waals surface area contributed by atoms with Crippen LogP contribution in [0.4, 0.5) is 11.4 Å². The van der Waals surface area contributed by atoms with Gasteiger partial charge in [-0.15, -0.1) is 0 Å². The summed E-state index contributed by atoms with van der Waals surface area (Å²) in [6, 6.07) is 14.0. The fourth-order valence-electron chi connectivity index (χ4n) is 2.14. The second-order valence-electron chi connectivity index (χ2n) is 5.56. The fraction of sp³-hybridized carbons (Fsp3) is 0.263. The molecule has 6 heteroatoms. The van der Waals surface area contributed by atoms with Crippen molar-refractivity contribution >= 4 is 34.8 Å². The van der Waals surface area contributed by atoms with E-state index in [9.17, 15) is 9.59 Å². The Morgan fingerprint density at radius 1 is 1.12 bits per heavy atom. The lowest BCUT2D eigenvalue weighted by atomic mass is 10.2. The number of ether oxygens (including phenoxy) is 1. The Hall–Kier alpha value is -2.53. The molecule has 0 aromatic heterocycles. The zero-order valence-electron chi connectivity index (χ0n) is 14.2. The summed E-state index contributed by atoms with van der Waals surface area (Å²) in [6.45, 7) is 3.59. The van der Waals surface area contributed by atoms with Crippen LogP contribution in [0.15, 0.2) is 48.5 Å². The van der Waals surface area contributed by atoms with Crippen molar-refractivity contribution in [3.05, 3.63) is 53.6 Å². The monoisotopic (exact) mass is 360 g/mol. The van der Waals surface area contributed by atoms with Gasteiger partial charge in [-0.2, -0.15) is 0 Å². The van der Waals surface area contributed by atoms with Gasteiger partial charge in [0.25, 0.3) is 5.91 Å². The first-order valence-corrected chi connectivity index (χ1v) is 8.49. The molecule has 1 atom stereocenters. The number of nitrogens with one attached hydrogen (secondary N) is 2. The summed E-state index contributed by atoms with van der Waals surface area (Å²) in [4.78, 5) is 24.0. The lowest BCUT2D eigenvalue weighted by molar-refractivity contribution is -0.122. The van der Waals surface area contributed by atoms with E-state index in [-0.39, 0.29) is 11.8 Å². The van der Waals surface area contributed by atoms with E-state index >= 15 is 0 Å². The molecule has 0 aliphatic rings. The van der Waals surface area contributed by atoms with Gasteiger partial charge in [0.2, 0.25) is 5.91 Å². The molecule has 2 rings (SSSR count). The molecule has 2 aromatic rings. The third-order valence-electron chi connectivity index (χ3n) is 3.41. The van der Waals surface area contributed by atoms with Crippen LogP contribution in [0.1, 0.15) is 26.7 Å². The van der Waals surface area contributed by atoms with Crippen molar-refractivity contribution in [2.45, 2.75) is 32.8 Å². The summed E-state index contributed by atoms with van der Waals surface area (Å²) in [7, 11) is 0. The summed E-state index contributed by atoms with van der Waals surface area (Å²) < 4.78 is 5.59. The molecule has 0 heterocycles. The zero-order chi connectivity index (χ0) is 18.2. The zero-order valence-corrected chi connectivity index (χ0v) is 15.0. The van der Waals surface area contributed by atoms with Crippen LogP contribution in [0.3, 0.4) is 0 Å². The number of benzene rings is 2. The molecule has 0 bridgehead atoms. The van der Waals surface area contributed by atoms with Crippen LogP contribution in [0, 0.1) is 0 Å². The highest BCUT2D eigenvalue weighted by atomic mass is 35.5. The quantitative estimate of drug-likeness (QED) is 0.764. The number of para-hydroxylation sites is 1. The third kappa shape index (κ3) is 5.80. The van der Waals surface area contributed by atoms with Crippen molar-refractivity contribution in [3.8, 4) is 5.75 Å². The second-order valence-corrected chi connectivity index (χ2v) is 5.96. The number of carbonyl (C=O) groups excluding carboxylic acids is 2. The molecule has 0 spiro atoms. The molecule has 0 fully saturated rings. The molecule has 0 aliphatic carbocycles. The molecule has 132 valence electrons. The summed E-state index contributed by atoms with van der Waals surface area (Å²) in [5.41, 5.74) is 0.999. The standard InChI is InChI=1S/C19H21ClN2O3/c1-3-7-18(23)21-14-10-11-16(20)17(12-14)22-19(24)13(2)25-15-8-5-4-6-9-15/h4-6,8-13H,3,7H2,1-2H3,(H,21,23)(H,22,24). The van der Waals surface area contributed by atoms with E-state index in [0.29, 0.717) is 28.6 Å². The van der Waals surface area contributed by atoms with Gasteiger partial charge < -0.3 is 15.4 Å². The maximum atomic E-state index is 12.3. The van der Waals surface area contributed by atoms with Crippen LogP contribution < -0.4 is 15.4 Å². The molecule has 0 radical (unpaired) electrons. The first-order chi connectivity index (χ1) is 12.0. The minimum Gasteiger partial charge on any atom is -0.481 e. The molecular formula is C19H21ClN2O3. The van der Waals surface area contributed by atoms with Crippen molar-refractivity contribution < 1.29 is 14.3 Å². The molecule has 2 amide bonds. The van der Waals surface area contributed by atoms with E-state index < -0.39 is 6.10 Å². The number of rotatable bonds is 7. The van der Waals surface area contributed by atoms with Gasteiger partial charge in [0, 0.05) is 12.1 Å². The number of hydrogen-bond donors (Lipinski definition) is 2. The highest BCUT2D eigenvalue weighted by Gasteiger charge is 2.16. The molecule has 0 aliphatic heterocycles. The van der Waals surface area contributed by atoms with E-state index in [1.807, 2.05) is 25.1 Å². The van der Waals surface area contributed by atoms with Crippen molar-refractivity contribution in [1.82, 2.24) is 0 Å². The normalized spacial score (nSPS) is 11.5. The van der Waals surface area contributed by atoms with E-state index in [1.165, 1.54) is 0 Å². The largest absolute Gasteiger partial charge is 0.481 e. The molecular weight excluding hydrogens is 340 g/mol. The van der Waals surface area contributed by atoms with Gasteiger partial charge in [-0.1, -0.05) is 36.7 Å². The number of halogens is 1. The first kappa shape index (κ1) is 18.8. The van der Waals surface area contributed by atoms with Gasteiger partial charge in [0.1, 0.15) is 5.75 Å². The van der Waals surface area contributed by atoms with Gasteiger partial charge >= 0.3 is 0 Å². The van der Waals surface area contributed by atoms with Gasteiger partial charge in [0.05, 0.1) is 10.7 Å². The molecule has 25 heavy (non-hydrogen) atoms. The molecule has 5 nitrogen and oxygen atoms in total. The van der Waals surface area contributed by atoms with Crippen LogP contribution in [0.2, 0.25) is 5.02 Å². The molecule has 0 saturated heterocycles. The van der Waals surface area contributed by atoms with Crippen LogP contribution in [-0.4, -0.2) is 17.9 Å². The van der Waals surface area contributed by atoms with Gasteiger partial charge in [0.15, 0.2) is 6.10 Å². The third-order valence-corrected chi connectivity index (χ3v) is 3.74. The molecule has 1 unspecified atom stereocenters. The Morgan fingerprint density at radius 3 is 2.52 bits per heavy atom. The minimum absolute atomic E-state index is 0.0807. The molecule has 2 aromatic carbocycles. The smallest absolute Gasteiger partial charge is 0.265 e. The molecule has 0 saturated carbocycles. The predicted molar refractivity (Wildman–Crippen MR) is 100 cm³/mol. The first-order valence-electron chi connectivity index (χ1n) is 8.11.